The highest BCUT2D eigenvalue weighted by Crippen LogP contribution is 2.38. The first-order valence-electron chi connectivity index (χ1n) is 7.32. The van der Waals surface area contributed by atoms with Crippen LogP contribution in [0.25, 0.3) is 0 Å². The number of hydrogen-bond acceptors (Lipinski definition) is 6. The molecule has 126 valence electrons. The molecule has 0 unspecified atom stereocenters. The molecule has 1 aliphatic carbocycles. The lowest BCUT2D eigenvalue weighted by atomic mass is 9.85. The van der Waals surface area contributed by atoms with Gasteiger partial charge in [0.05, 0.1) is 5.56 Å². The van der Waals surface area contributed by atoms with Gasteiger partial charge in [0, 0.05) is 28.7 Å². The van der Waals surface area contributed by atoms with Gasteiger partial charge in [0.2, 0.25) is 11.6 Å². The average Bonchev–Trinajstić information content (AvgIpc) is 2.53. The highest BCUT2D eigenvalue weighted by atomic mass is 16.3. The maximum absolute atomic E-state index is 12.0. The molecule has 1 aromatic rings. The molecule has 0 saturated carbocycles. The Balaban J connectivity index is 2.66. The summed E-state index contributed by atoms with van der Waals surface area (Å²) >= 11 is 0. The number of carbonyl (C=O) groups excluding carboxylic acids is 3. The van der Waals surface area contributed by atoms with Crippen molar-refractivity contribution in [3.63, 3.8) is 0 Å². The molecule has 24 heavy (non-hydrogen) atoms. The maximum Gasteiger partial charge on any atom is 0.232 e. The van der Waals surface area contributed by atoms with E-state index in [-0.39, 0.29) is 51.6 Å². The first-order valence-corrected chi connectivity index (χ1v) is 7.32. The van der Waals surface area contributed by atoms with E-state index >= 15 is 0 Å². The van der Waals surface area contributed by atoms with Gasteiger partial charge in [0.1, 0.15) is 17.3 Å². The molecule has 0 aromatic heterocycles. The van der Waals surface area contributed by atoms with E-state index < -0.39 is 17.3 Å². The van der Waals surface area contributed by atoms with Gasteiger partial charge in [-0.2, -0.15) is 0 Å². The van der Waals surface area contributed by atoms with Gasteiger partial charge in [-0.15, -0.1) is 0 Å². The second-order valence-electron chi connectivity index (χ2n) is 5.89. The van der Waals surface area contributed by atoms with Crippen molar-refractivity contribution in [3.8, 4) is 11.5 Å². The smallest absolute Gasteiger partial charge is 0.232 e. The topological polar surface area (TPSA) is 112 Å². The van der Waals surface area contributed by atoms with Gasteiger partial charge < -0.3 is 15.3 Å². The van der Waals surface area contributed by atoms with Crippen LogP contribution >= 0.6 is 0 Å². The quantitative estimate of drug-likeness (QED) is 0.446. The van der Waals surface area contributed by atoms with E-state index in [9.17, 15) is 29.7 Å². The molecule has 6 nitrogen and oxygen atoms in total. The first kappa shape index (κ1) is 17.5. The second-order valence-corrected chi connectivity index (χ2v) is 5.89. The largest absolute Gasteiger partial charge is 0.507 e. The van der Waals surface area contributed by atoms with E-state index in [4.69, 9.17) is 0 Å². The number of Topliss-reactive ketones (excluding diaryl/α,β-unsaturated/α-hetero) is 3. The van der Waals surface area contributed by atoms with Gasteiger partial charge in [-0.25, -0.2) is 0 Å². The second kappa shape index (κ2) is 5.96. The minimum atomic E-state index is -0.782. The molecule has 0 fully saturated rings. The van der Waals surface area contributed by atoms with E-state index in [1.807, 2.05) is 0 Å². The highest BCUT2D eigenvalue weighted by molar-refractivity contribution is 6.50. The molecule has 1 aliphatic rings. The molecule has 0 spiro atoms. The number of hydrogen-bond donors (Lipinski definition) is 3. The minimum absolute atomic E-state index is 0.0241. The van der Waals surface area contributed by atoms with Crippen molar-refractivity contribution in [2.45, 2.75) is 34.1 Å². The predicted molar refractivity (Wildman–Crippen MR) is 86.3 cm³/mol. The van der Waals surface area contributed by atoms with Crippen LogP contribution in [0.1, 0.15) is 42.3 Å². The van der Waals surface area contributed by atoms with Crippen LogP contribution in [0.4, 0.5) is 0 Å². The molecule has 0 atom stereocenters. The first-order chi connectivity index (χ1) is 11.1. The molecule has 6 heteroatoms. The fraction of sp³-hybridized carbons (Fsp3) is 0.278. The summed E-state index contributed by atoms with van der Waals surface area (Å²) in [5.74, 6) is -2.88. The van der Waals surface area contributed by atoms with Crippen LogP contribution in [-0.4, -0.2) is 32.7 Å². The van der Waals surface area contributed by atoms with Gasteiger partial charge in [0.25, 0.3) is 0 Å². The average molecular weight is 330 g/mol. The summed E-state index contributed by atoms with van der Waals surface area (Å²) < 4.78 is 0. The van der Waals surface area contributed by atoms with Crippen molar-refractivity contribution >= 4 is 17.3 Å². The van der Waals surface area contributed by atoms with Crippen molar-refractivity contribution in [2.24, 2.45) is 0 Å². The molecule has 0 heterocycles. The number of aliphatic hydroxyl groups is 1. The summed E-state index contributed by atoms with van der Waals surface area (Å²) in [6.45, 7) is 5.58. The van der Waals surface area contributed by atoms with Gasteiger partial charge in [-0.3, -0.25) is 14.4 Å². The Labute approximate surface area is 138 Å². The number of aryl methyl sites for hydroxylation is 1. The normalized spacial score (nSPS) is 15.3. The molecule has 0 saturated heterocycles. The van der Waals surface area contributed by atoms with Crippen molar-refractivity contribution in [2.75, 3.05) is 0 Å². The summed E-state index contributed by atoms with van der Waals surface area (Å²) in [5, 5.41) is 30.7. The number of allylic oxidation sites excluding steroid dienone is 3. The zero-order chi connectivity index (χ0) is 18.3. The lowest BCUT2D eigenvalue weighted by Gasteiger charge is -2.20. The number of phenols is 2. The molecule has 0 aliphatic heterocycles. The third-order valence-corrected chi connectivity index (χ3v) is 4.28. The van der Waals surface area contributed by atoms with Crippen LogP contribution in [0.3, 0.4) is 0 Å². The SMILES string of the molecule is CC(=O)c1cc(C)c(O)c(CC2=C(C)C(=O)C(=O)C(C)=C2O)c1O. The van der Waals surface area contributed by atoms with Crippen LogP contribution in [0, 0.1) is 6.92 Å². The standard InChI is InChI=1S/C18H18O6/c1-7-5-12(10(4)19)18(24)13(14(7)20)6-11-8(2)16(22)17(23)9(3)15(11)21/h5,20-21,24H,6H2,1-4H3. The Morgan fingerprint density at radius 2 is 1.50 bits per heavy atom. The summed E-state index contributed by atoms with van der Waals surface area (Å²) in [6, 6.07) is 1.37. The number of phenolic OH excluding ortho intramolecular Hbond substituents is 2. The van der Waals surface area contributed by atoms with Crippen LogP contribution in [0.15, 0.2) is 28.5 Å². The molecule has 0 bridgehead atoms. The van der Waals surface area contributed by atoms with E-state index in [1.54, 1.807) is 6.92 Å². The lowest BCUT2D eigenvalue weighted by molar-refractivity contribution is -0.132. The number of aromatic hydroxyl groups is 2. The van der Waals surface area contributed by atoms with Crippen LogP contribution in [0.5, 0.6) is 11.5 Å². The zero-order valence-corrected chi connectivity index (χ0v) is 13.9. The Hall–Kier alpha value is -2.89. The summed E-state index contributed by atoms with van der Waals surface area (Å²) in [6.07, 6.45) is -0.187. The minimum Gasteiger partial charge on any atom is -0.507 e. The molecule has 1 aromatic carbocycles. The Kier molecular flexibility index (Phi) is 4.34. The number of carbonyl (C=O) groups is 3. The van der Waals surface area contributed by atoms with Crippen molar-refractivity contribution in [3.05, 3.63) is 45.2 Å². The Morgan fingerprint density at radius 1 is 0.958 bits per heavy atom. The number of ketones is 3. The number of rotatable bonds is 3. The Morgan fingerprint density at radius 3 is 2.04 bits per heavy atom. The van der Waals surface area contributed by atoms with E-state index in [2.05, 4.69) is 0 Å². The van der Waals surface area contributed by atoms with Gasteiger partial charge in [0.15, 0.2) is 5.78 Å². The van der Waals surface area contributed by atoms with Crippen molar-refractivity contribution in [1.29, 1.82) is 0 Å². The summed E-state index contributed by atoms with van der Waals surface area (Å²) in [5.41, 5.74) is 0.548. The third-order valence-electron chi connectivity index (χ3n) is 4.28. The molecular weight excluding hydrogens is 312 g/mol. The van der Waals surface area contributed by atoms with Crippen LogP contribution in [-0.2, 0) is 16.0 Å². The number of aliphatic hydroxyl groups excluding tert-OH is 1. The van der Waals surface area contributed by atoms with E-state index in [0.717, 1.165) is 0 Å². The summed E-state index contributed by atoms with van der Waals surface area (Å²) in [7, 11) is 0. The predicted octanol–water partition coefficient (Wildman–Crippen LogP) is 2.45. The van der Waals surface area contributed by atoms with Gasteiger partial charge >= 0.3 is 0 Å². The zero-order valence-electron chi connectivity index (χ0n) is 13.9. The molecular formula is C18H18O6. The molecule has 0 amide bonds. The van der Waals surface area contributed by atoms with Crippen molar-refractivity contribution in [1.82, 2.24) is 0 Å². The Bertz CT molecular complexity index is 855. The van der Waals surface area contributed by atoms with Gasteiger partial charge in [-0.05, 0) is 39.3 Å². The molecule has 0 radical (unpaired) electrons. The number of benzene rings is 1. The molecule has 3 N–H and O–H groups in total. The molecule has 2 rings (SSSR count). The van der Waals surface area contributed by atoms with E-state index in [0.29, 0.717) is 5.56 Å². The van der Waals surface area contributed by atoms with Crippen LogP contribution < -0.4 is 0 Å². The monoisotopic (exact) mass is 330 g/mol. The summed E-state index contributed by atoms with van der Waals surface area (Å²) in [4.78, 5) is 35.3. The highest BCUT2D eigenvalue weighted by Gasteiger charge is 2.31. The van der Waals surface area contributed by atoms with Crippen molar-refractivity contribution < 1.29 is 29.7 Å². The maximum atomic E-state index is 12.0. The lowest BCUT2D eigenvalue weighted by Crippen LogP contribution is -2.24. The fourth-order valence-electron chi connectivity index (χ4n) is 2.68. The third kappa shape index (κ3) is 2.60. The van der Waals surface area contributed by atoms with E-state index in [1.165, 1.54) is 26.8 Å². The fourth-order valence-corrected chi connectivity index (χ4v) is 2.68. The van der Waals surface area contributed by atoms with Gasteiger partial charge in [-0.1, -0.05) is 0 Å². The van der Waals surface area contributed by atoms with Crippen LogP contribution in [0.2, 0.25) is 0 Å².